The van der Waals surface area contributed by atoms with Crippen LogP contribution >= 0.6 is 0 Å². The SMILES string of the molecule is CCOC(=O)c1cccnc1N(C)Cc1ccoc1C. The maximum atomic E-state index is 11.9. The Morgan fingerprint density at radius 2 is 2.25 bits per heavy atom. The van der Waals surface area contributed by atoms with Crippen molar-refractivity contribution >= 4 is 11.8 Å². The van der Waals surface area contributed by atoms with E-state index in [9.17, 15) is 4.79 Å². The third kappa shape index (κ3) is 2.99. The van der Waals surface area contributed by atoms with E-state index in [0.29, 0.717) is 24.5 Å². The van der Waals surface area contributed by atoms with Gasteiger partial charge in [-0.2, -0.15) is 0 Å². The monoisotopic (exact) mass is 274 g/mol. The summed E-state index contributed by atoms with van der Waals surface area (Å²) in [5, 5.41) is 0. The summed E-state index contributed by atoms with van der Waals surface area (Å²) >= 11 is 0. The number of carbonyl (C=O) groups excluding carboxylic acids is 1. The number of hydrogen-bond donors (Lipinski definition) is 0. The van der Waals surface area contributed by atoms with Crippen LogP contribution in [0, 0.1) is 6.92 Å². The predicted octanol–water partition coefficient (Wildman–Crippen LogP) is 2.80. The van der Waals surface area contributed by atoms with Crippen molar-refractivity contribution in [1.29, 1.82) is 0 Å². The van der Waals surface area contributed by atoms with Crippen LogP contribution in [0.5, 0.6) is 0 Å². The number of anilines is 1. The Bertz CT molecular complexity index is 592. The maximum Gasteiger partial charge on any atom is 0.341 e. The number of hydrogen-bond acceptors (Lipinski definition) is 5. The summed E-state index contributed by atoms with van der Waals surface area (Å²) in [6.07, 6.45) is 3.32. The first kappa shape index (κ1) is 14.1. The van der Waals surface area contributed by atoms with Crippen molar-refractivity contribution in [3.63, 3.8) is 0 Å². The summed E-state index contributed by atoms with van der Waals surface area (Å²) in [6.45, 7) is 4.66. The van der Waals surface area contributed by atoms with Gasteiger partial charge in [-0.25, -0.2) is 9.78 Å². The van der Waals surface area contributed by atoms with Crippen LogP contribution in [0.2, 0.25) is 0 Å². The van der Waals surface area contributed by atoms with Gasteiger partial charge in [-0.05, 0) is 32.0 Å². The van der Waals surface area contributed by atoms with Gasteiger partial charge in [0, 0.05) is 25.4 Å². The van der Waals surface area contributed by atoms with Crippen LogP contribution in [0.4, 0.5) is 5.82 Å². The van der Waals surface area contributed by atoms with Crippen LogP contribution in [0.15, 0.2) is 35.1 Å². The van der Waals surface area contributed by atoms with Gasteiger partial charge in [-0.1, -0.05) is 0 Å². The number of aromatic nitrogens is 1. The molecule has 0 fully saturated rings. The molecule has 0 aromatic carbocycles. The van der Waals surface area contributed by atoms with Gasteiger partial charge in [-0.3, -0.25) is 0 Å². The molecular formula is C15H18N2O3. The van der Waals surface area contributed by atoms with Crippen molar-refractivity contribution in [1.82, 2.24) is 4.98 Å². The summed E-state index contributed by atoms with van der Waals surface area (Å²) in [7, 11) is 1.89. The first-order valence-corrected chi connectivity index (χ1v) is 6.49. The predicted molar refractivity (Wildman–Crippen MR) is 75.7 cm³/mol. The Morgan fingerprint density at radius 3 is 2.90 bits per heavy atom. The number of nitrogens with zero attached hydrogens (tertiary/aromatic N) is 2. The zero-order chi connectivity index (χ0) is 14.5. The second-order valence-electron chi connectivity index (χ2n) is 4.45. The summed E-state index contributed by atoms with van der Waals surface area (Å²) in [5.74, 6) is 1.11. The van der Waals surface area contributed by atoms with E-state index in [1.807, 2.05) is 24.9 Å². The molecule has 0 aliphatic carbocycles. The Kier molecular flexibility index (Phi) is 4.40. The highest BCUT2D eigenvalue weighted by Gasteiger charge is 2.17. The molecule has 20 heavy (non-hydrogen) atoms. The van der Waals surface area contributed by atoms with E-state index in [-0.39, 0.29) is 5.97 Å². The number of aryl methyl sites for hydroxylation is 1. The standard InChI is InChI=1S/C15H18N2O3/c1-4-19-15(18)13-6-5-8-16-14(13)17(3)10-12-7-9-20-11(12)2/h5-9H,4,10H2,1-3H3. The summed E-state index contributed by atoms with van der Waals surface area (Å²) in [6, 6.07) is 5.37. The molecule has 0 spiro atoms. The molecule has 5 heteroatoms. The zero-order valence-electron chi connectivity index (χ0n) is 11.9. The molecule has 2 rings (SSSR count). The molecule has 0 N–H and O–H groups in total. The minimum Gasteiger partial charge on any atom is -0.469 e. The van der Waals surface area contributed by atoms with Crippen molar-refractivity contribution in [3.05, 3.63) is 47.5 Å². The average Bonchev–Trinajstić information content (AvgIpc) is 2.84. The van der Waals surface area contributed by atoms with Crippen molar-refractivity contribution in [2.45, 2.75) is 20.4 Å². The second-order valence-corrected chi connectivity index (χ2v) is 4.45. The number of pyridine rings is 1. The van der Waals surface area contributed by atoms with Crippen LogP contribution in [0.1, 0.15) is 28.6 Å². The topological polar surface area (TPSA) is 55.6 Å². The van der Waals surface area contributed by atoms with E-state index in [4.69, 9.17) is 9.15 Å². The lowest BCUT2D eigenvalue weighted by molar-refractivity contribution is 0.0526. The van der Waals surface area contributed by atoms with Gasteiger partial charge < -0.3 is 14.1 Å². The van der Waals surface area contributed by atoms with E-state index in [1.165, 1.54) is 0 Å². The third-order valence-corrected chi connectivity index (χ3v) is 3.02. The Balaban J connectivity index is 2.23. The van der Waals surface area contributed by atoms with Crippen molar-refractivity contribution in [2.24, 2.45) is 0 Å². The molecule has 0 aliphatic heterocycles. The van der Waals surface area contributed by atoms with Gasteiger partial charge in [0.2, 0.25) is 0 Å². The minimum absolute atomic E-state index is 0.345. The molecule has 0 atom stereocenters. The maximum absolute atomic E-state index is 11.9. The number of ether oxygens (including phenoxy) is 1. The highest BCUT2D eigenvalue weighted by Crippen LogP contribution is 2.20. The Hall–Kier alpha value is -2.30. The van der Waals surface area contributed by atoms with E-state index in [2.05, 4.69) is 4.98 Å². The molecule has 5 nitrogen and oxygen atoms in total. The normalized spacial score (nSPS) is 10.3. The molecule has 0 radical (unpaired) electrons. The first-order chi connectivity index (χ1) is 9.63. The van der Waals surface area contributed by atoms with Crippen molar-refractivity contribution < 1.29 is 13.9 Å². The zero-order valence-corrected chi connectivity index (χ0v) is 11.9. The quantitative estimate of drug-likeness (QED) is 0.785. The molecule has 2 aromatic rings. The first-order valence-electron chi connectivity index (χ1n) is 6.49. The molecule has 0 unspecified atom stereocenters. The molecule has 2 heterocycles. The van der Waals surface area contributed by atoms with Gasteiger partial charge >= 0.3 is 5.97 Å². The van der Waals surface area contributed by atoms with Gasteiger partial charge in [0.1, 0.15) is 17.1 Å². The molecule has 0 bridgehead atoms. The Morgan fingerprint density at radius 1 is 1.45 bits per heavy atom. The van der Waals surface area contributed by atoms with Gasteiger partial charge in [0.05, 0.1) is 12.9 Å². The highest BCUT2D eigenvalue weighted by molar-refractivity contribution is 5.94. The number of furan rings is 1. The molecule has 2 aromatic heterocycles. The molecule has 0 saturated carbocycles. The second kappa shape index (κ2) is 6.23. The van der Waals surface area contributed by atoms with Gasteiger partial charge in [0.15, 0.2) is 0 Å². The summed E-state index contributed by atoms with van der Waals surface area (Å²) < 4.78 is 10.3. The van der Waals surface area contributed by atoms with E-state index < -0.39 is 0 Å². The molecule has 0 saturated heterocycles. The molecule has 106 valence electrons. The smallest absolute Gasteiger partial charge is 0.341 e. The molecular weight excluding hydrogens is 256 g/mol. The minimum atomic E-state index is -0.355. The van der Waals surface area contributed by atoms with Crippen molar-refractivity contribution in [2.75, 3.05) is 18.6 Å². The fourth-order valence-electron chi connectivity index (χ4n) is 1.98. The fraction of sp³-hybridized carbons (Fsp3) is 0.333. The van der Waals surface area contributed by atoms with Crippen LogP contribution in [0.25, 0.3) is 0 Å². The highest BCUT2D eigenvalue weighted by atomic mass is 16.5. The third-order valence-electron chi connectivity index (χ3n) is 3.02. The lowest BCUT2D eigenvalue weighted by atomic mass is 10.2. The largest absolute Gasteiger partial charge is 0.469 e. The van der Waals surface area contributed by atoms with Gasteiger partial charge in [-0.15, -0.1) is 0 Å². The van der Waals surface area contributed by atoms with Crippen molar-refractivity contribution in [3.8, 4) is 0 Å². The number of esters is 1. The fourth-order valence-corrected chi connectivity index (χ4v) is 1.98. The van der Waals surface area contributed by atoms with Gasteiger partial charge in [0.25, 0.3) is 0 Å². The lowest BCUT2D eigenvalue weighted by Gasteiger charge is -2.20. The van der Waals surface area contributed by atoms with Crippen LogP contribution in [-0.2, 0) is 11.3 Å². The van der Waals surface area contributed by atoms with Crippen LogP contribution in [0.3, 0.4) is 0 Å². The van der Waals surface area contributed by atoms with E-state index in [1.54, 1.807) is 31.5 Å². The summed E-state index contributed by atoms with van der Waals surface area (Å²) in [4.78, 5) is 18.1. The molecule has 0 aliphatic rings. The van der Waals surface area contributed by atoms with E-state index in [0.717, 1.165) is 11.3 Å². The lowest BCUT2D eigenvalue weighted by Crippen LogP contribution is -2.21. The molecule has 0 amide bonds. The van der Waals surface area contributed by atoms with E-state index >= 15 is 0 Å². The van der Waals surface area contributed by atoms with Crippen LogP contribution in [-0.4, -0.2) is 24.6 Å². The van der Waals surface area contributed by atoms with Crippen LogP contribution < -0.4 is 4.90 Å². The summed E-state index contributed by atoms with van der Waals surface area (Å²) in [5.41, 5.74) is 1.53. The number of rotatable bonds is 5. The number of carbonyl (C=O) groups is 1. The Labute approximate surface area is 118 Å². The average molecular weight is 274 g/mol.